The van der Waals surface area contributed by atoms with Gasteiger partial charge in [0.2, 0.25) is 12.3 Å². The van der Waals surface area contributed by atoms with Crippen LogP contribution in [0.3, 0.4) is 0 Å². The van der Waals surface area contributed by atoms with E-state index in [-0.39, 0.29) is 23.4 Å². The van der Waals surface area contributed by atoms with Crippen molar-refractivity contribution in [3.05, 3.63) is 24.0 Å². The number of carbonyl (C=O) groups is 2. The molecular weight excluding hydrogens is 363 g/mol. The second-order valence-electron chi connectivity index (χ2n) is 8.09. The molecule has 0 bridgehead atoms. The summed E-state index contributed by atoms with van der Waals surface area (Å²) in [5, 5.41) is 2.76. The molecule has 2 atom stereocenters. The van der Waals surface area contributed by atoms with Gasteiger partial charge in [0.1, 0.15) is 12.0 Å². The number of nitrogens with one attached hydrogen (secondary N) is 1. The Hall–Kier alpha value is -2.35. The first-order valence-electron chi connectivity index (χ1n) is 9.86. The van der Waals surface area contributed by atoms with Crippen LogP contribution in [0.2, 0.25) is 0 Å². The smallest absolute Gasteiger partial charge is 0.217 e. The van der Waals surface area contributed by atoms with Gasteiger partial charge in [-0.3, -0.25) is 9.59 Å². The summed E-state index contributed by atoms with van der Waals surface area (Å²) < 4.78 is 20.6. The summed E-state index contributed by atoms with van der Waals surface area (Å²) in [6.45, 7) is 6.21. The van der Waals surface area contributed by atoms with Crippen molar-refractivity contribution in [3.8, 4) is 0 Å². The SMILES string of the molecule is CC(=O)NCC1OCCN1c1ccc(N2CCC3(CCN(C=O)C3)C2)c(F)c1. The summed E-state index contributed by atoms with van der Waals surface area (Å²) in [5.41, 5.74) is 1.47. The highest BCUT2D eigenvalue weighted by atomic mass is 19.1. The number of benzene rings is 1. The van der Waals surface area contributed by atoms with Gasteiger partial charge >= 0.3 is 0 Å². The van der Waals surface area contributed by atoms with E-state index in [0.29, 0.717) is 25.4 Å². The van der Waals surface area contributed by atoms with Crippen molar-refractivity contribution in [1.82, 2.24) is 10.2 Å². The van der Waals surface area contributed by atoms with Gasteiger partial charge in [-0.05, 0) is 31.0 Å². The first-order chi connectivity index (χ1) is 13.5. The molecule has 1 aromatic carbocycles. The van der Waals surface area contributed by atoms with Gasteiger partial charge in [0, 0.05) is 50.7 Å². The maximum absolute atomic E-state index is 15.0. The van der Waals surface area contributed by atoms with Crippen LogP contribution < -0.4 is 15.1 Å². The van der Waals surface area contributed by atoms with E-state index in [1.165, 1.54) is 6.92 Å². The average Bonchev–Trinajstić information content (AvgIpc) is 3.40. The van der Waals surface area contributed by atoms with Crippen LogP contribution in [-0.2, 0) is 14.3 Å². The number of carbonyl (C=O) groups excluding carboxylic acids is 2. The standard InChI is InChI=1S/C20H27FN4O3/c1-15(27)22-11-19-25(8-9-28-19)16-2-3-18(17(21)10-16)24-7-5-20(13-24)4-6-23(12-20)14-26/h2-3,10,14,19H,4-9,11-13H2,1H3,(H,22,27). The quantitative estimate of drug-likeness (QED) is 0.765. The summed E-state index contributed by atoms with van der Waals surface area (Å²) >= 11 is 0. The maximum atomic E-state index is 15.0. The van der Waals surface area contributed by atoms with Gasteiger partial charge in [-0.1, -0.05) is 0 Å². The molecular formula is C20H27FN4O3. The third-order valence-electron chi connectivity index (χ3n) is 6.17. The lowest BCUT2D eigenvalue weighted by molar-refractivity contribution is -0.119. The fourth-order valence-corrected chi connectivity index (χ4v) is 4.68. The topological polar surface area (TPSA) is 65.1 Å². The molecule has 4 rings (SSSR count). The number of hydrogen-bond donors (Lipinski definition) is 1. The third kappa shape index (κ3) is 3.65. The molecule has 0 radical (unpaired) electrons. The zero-order valence-electron chi connectivity index (χ0n) is 16.2. The normalized spacial score (nSPS) is 27.1. The van der Waals surface area contributed by atoms with E-state index in [0.717, 1.165) is 51.1 Å². The molecule has 0 saturated carbocycles. The number of halogens is 1. The molecule has 0 aliphatic carbocycles. The van der Waals surface area contributed by atoms with Gasteiger partial charge in [0.15, 0.2) is 0 Å². The van der Waals surface area contributed by atoms with Crippen molar-refractivity contribution in [1.29, 1.82) is 0 Å². The summed E-state index contributed by atoms with van der Waals surface area (Å²) in [6.07, 6.45) is 2.61. The van der Waals surface area contributed by atoms with Crippen LogP contribution >= 0.6 is 0 Å². The fourth-order valence-electron chi connectivity index (χ4n) is 4.68. The molecule has 2 unspecified atom stereocenters. The zero-order chi connectivity index (χ0) is 19.7. The van der Waals surface area contributed by atoms with E-state index in [4.69, 9.17) is 4.74 Å². The summed E-state index contributed by atoms with van der Waals surface area (Å²) in [7, 11) is 0. The van der Waals surface area contributed by atoms with Gasteiger partial charge < -0.3 is 24.8 Å². The molecule has 1 N–H and O–H groups in total. The second-order valence-corrected chi connectivity index (χ2v) is 8.09. The second kappa shape index (κ2) is 7.58. The van der Waals surface area contributed by atoms with Crippen LogP contribution in [0.15, 0.2) is 18.2 Å². The number of hydrogen-bond acceptors (Lipinski definition) is 5. The molecule has 7 nitrogen and oxygen atoms in total. The molecule has 3 saturated heterocycles. The lowest BCUT2D eigenvalue weighted by Gasteiger charge is -2.27. The average molecular weight is 390 g/mol. The Morgan fingerprint density at radius 2 is 2.14 bits per heavy atom. The number of amides is 2. The van der Waals surface area contributed by atoms with Crippen molar-refractivity contribution < 1.29 is 18.7 Å². The molecule has 28 heavy (non-hydrogen) atoms. The van der Waals surface area contributed by atoms with Crippen molar-refractivity contribution in [2.45, 2.75) is 26.0 Å². The van der Waals surface area contributed by atoms with E-state index >= 15 is 0 Å². The summed E-state index contributed by atoms with van der Waals surface area (Å²) in [6, 6.07) is 5.32. The molecule has 0 aromatic heterocycles. The van der Waals surface area contributed by atoms with Crippen molar-refractivity contribution in [2.75, 3.05) is 55.7 Å². The van der Waals surface area contributed by atoms with Crippen molar-refractivity contribution >= 4 is 23.7 Å². The van der Waals surface area contributed by atoms with Crippen molar-refractivity contribution in [3.63, 3.8) is 0 Å². The number of rotatable bonds is 5. The fraction of sp³-hybridized carbons (Fsp3) is 0.600. The van der Waals surface area contributed by atoms with Crippen LogP contribution in [0, 0.1) is 11.2 Å². The van der Waals surface area contributed by atoms with Crippen LogP contribution in [0.5, 0.6) is 0 Å². The predicted molar refractivity (Wildman–Crippen MR) is 104 cm³/mol. The monoisotopic (exact) mass is 390 g/mol. The minimum Gasteiger partial charge on any atom is -0.369 e. The predicted octanol–water partition coefficient (Wildman–Crippen LogP) is 1.18. The first-order valence-corrected chi connectivity index (χ1v) is 9.86. The number of ether oxygens (including phenoxy) is 1. The molecule has 3 fully saturated rings. The van der Waals surface area contributed by atoms with Gasteiger partial charge in [-0.25, -0.2) is 4.39 Å². The Balaban J connectivity index is 1.45. The summed E-state index contributed by atoms with van der Waals surface area (Å²) in [5.74, 6) is -0.357. The van der Waals surface area contributed by atoms with Gasteiger partial charge in [-0.15, -0.1) is 0 Å². The van der Waals surface area contributed by atoms with E-state index in [1.54, 1.807) is 6.07 Å². The minimum atomic E-state index is -0.281. The highest BCUT2D eigenvalue weighted by molar-refractivity contribution is 5.72. The lowest BCUT2D eigenvalue weighted by atomic mass is 9.86. The van der Waals surface area contributed by atoms with Crippen LogP contribution in [-0.4, -0.2) is 69.3 Å². The summed E-state index contributed by atoms with van der Waals surface area (Å²) in [4.78, 5) is 28.1. The largest absolute Gasteiger partial charge is 0.369 e. The molecule has 3 aliphatic heterocycles. The Kier molecular flexibility index (Phi) is 5.14. The zero-order valence-corrected chi connectivity index (χ0v) is 16.2. The Bertz CT molecular complexity index is 761. The van der Waals surface area contributed by atoms with Crippen LogP contribution in [0.1, 0.15) is 19.8 Å². The number of nitrogens with zero attached hydrogens (tertiary/aromatic N) is 3. The van der Waals surface area contributed by atoms with Gasteiger partial charge in [0.05, 0.1) is 18.8 Å². The van der Waals surface area contributed by atoms with Crippen LogP contribution in [0.4, 0.5) is 15.8 Å². The van der Waals surface area contributed by atoms with Gasteiger partial charge in [0.25, 0.3) is 0 Å². The Morgan fingerprint density at radius 1 is 1.32 bits per heavy atom. The van der Waals surface area contributed by atoms with Crippen LogP contribution in [0.25, 0.3) is 0 Å². The Morgan fingerprint density at radius 3 is 2.86 bits per heavy atom. The van der Waals surface area contributed by atoms with Gasteiger partial charge in [-0.2, -0.15) is 0 Å². The first kappa shape index (κ1) is 19.0. The molecule has 1 aromatic rings. The molecule has 152 valence electrons. The number of anilines is 2. The van der Waals surface area contributed by atoms with Crippen molar-refractivity contribution in [2.24, 2.45) is 5.41 Å². The van der Waals surface area contributed by atoms with E-state index in [9.17, 15) is 14.0 Å². The highest BCUT2D eigenvalue weighted by Crippen LogP contribution is 2.41. The molecule has 3 aliphatic rings. The third-order valence-corrected chi connectivity index (χ3v) is 6.17. The maximum Gasteiger partial charge on any atom is 0.217 e. The van der Waals surface area contributed by atoms with E-state index in [1.807, 2.05) is 21.9 Å². The highest BCUT2D eigenvalue weighted by Gasteiger charge is 2.43. The minimum absolute atomic E-state index is 0.0955. The molecule has 8 heteroatoms. The number of likely N-dealkylation sites (tertiary alicyclic amines) is 1. The van der Waals surface area contributed by atoms with E-state index < -0.39 is 0 Å². The lowest BCUT2D eigenvalue weighted by Crippen LogP contribution is -2.40. The van der Waals surface area contributed by atoms with E-state index in [2.05, 4.69) is 10.2 Å². The molecule has 3 heterocycles. The molecule has 1 spiro atoms. The molecule has 2 amide bonds. The Labute approximate surface area is 164 Å².